The Labute approximate surface area is 204 Å². The molecule has 0 unspecified atom stereocenters. The number of nitrogens with one attached hydrogen (secondary N) is 3. The summed E-state index contributed by atoms with van der Waals surface area (Å²) in [4.78, 5) is 29.8. The Morgan fingerprint density at radius 1 is 0.971 bits per heavy atom. The summed E-state index contributed by atoms with van der Waals surface area (Å²) in [5, 5.41) is 11.1. The molecule has 2 aromatic carbocycles. The van der Waals surface area contributed by atoms with Crippen molar-refractivity contribution in [2.75, 3.05) is 16.8 Å². The van der Waals surface area contributed by atoms with Crippen LogP contribution >= 0.6 is 11.3 Å². The minimum absolute atomic E-state index is 0.145. The van der Waals surface area contributed by atoms with E-state index in [0.29, 0.717) is 19.4 Å². The Morgan fingerprint density at radius 3 is 2.50 bits per heavy atom. The van der Waals surface area contributed by atoms with Gasteiger partial charge in [-0.3, -0.25) is 4.79 Å². The normalized spacial score (nSPS) is 16.5. The fourth-order valence-electron chi connectivity index (χ4n) is 4.90. The summed E-state index contributed by atoms with van der Waals surface area (Å²) >= 11 is 1.84. The number of hydrogen-bond acceptors (Lipinski definition) is 4. The molecule has 1 aromatic heterocycles. The maximum absolute atomic E-state index is 13.3. The molecule has 2 aliphatic rings. The Kier molecular flexibility index (Phi) is 6.54. The zero-order valence-corrected chi connectivity index (χ0v) is 20.0. The van der Waals surface area contributed by atoms with Crippen LogP contribution in [0.2, 0.25) is 0 Å². The van der Waals surface area contributed by atoms with Crippen LogP contribution in [-0.4, -0.2) is 24.0 Å². The number of benzene rings is 2. The lowest BCUT2D eigenvalue weighted by molar-refractivity contribution is -0.121. The first-order valence-electron chi connectivity index (χ1n) is 11.9. The van der Waals surface area contributed by atoms with Crippen molar-refractivity contribution in [3.05, 3.63) is 82.0 Å². The largest absolute Gasteiger partial charge is 0.367 e. The number of fused-ring (bicyclic) bond motifs is 1. The molecule has 6 nitrogen and oxygen atoms in total. The van der Waals surface area contributed by atoms with Gasteiger partial charge >= 0.3 is 6.03 Å². The van der Waals surface area contributed by atoms with Gasteiger partial charge in [-0.2, -0.15) is 0 Å². The summed E-state index contributed by atoms with van der Waals surface area (Å²) in [5.74, 6) is -0.145. The molecule has 3 aromatic rings. The SMILES string of the molecule is O=C(NCc1ccccc1)NC1(C(=O)Nc2ccc(N3CCc4sccc4C3)cc2)CCCC1. The molecular formula is C27H30N4O2S. The van der Waals surface area contributed by atoms with Crippen molar-refractivity contribution in [1.82, 2.24) is 10.6 Å². The van der Waals surface area contributed by atoms with E-state index in [4.69, 9.17) is 0 Å². The van der Waals surface area contributed by atoms with E-state index in [1.807, 2.05) is 53.8 Å². The second kappa shape index (κ2) is 9.89. The molecule has 3 amide bonds. The van der Waals surface area contributed by atoms with Gasteiger partial charge in [0.15, 0.2) is 0 Å². The van der Waals surface area contributed by atoms with Gasteiger partial charge in [0, 0.05) is 35.9 Å². The molecule has 0 atom stereocenters. The zero-order valence-electron chi connectivity index (χ0n) is 19.2. The minimum Gasteiger partial charge on any atom is -0.367 e. The second-order valence-electron chi connectivity index (χ2n) is 9.12. The van der Waals surface area contributed by atoms with Crippen molar-refractivity contribution in [2.24, 2.45) is 0 Å². The van der Waals surface area contributed by atoms with E-state index < -0.39 is 5.54 Å². The molecule has 1 fully saturated rings. The van der Waals surface area contributed by atoms with Gasteiger partial charge in [-0.1, -0.05) is 43.2 Å². The third kappa shape index (κ3) is 4.94. The topological polar surface area (TPSA) is 73.5 Å². The highest BCUT2D eigenvalue weighted by Crippen LogP contribution is 2.32. The van der Waals surface area contributed by atoms with Crippen LogP contribution in [0.3, 0.4) is 0 Å². The molecule has 7 heteroatoms. The average molecular weight is 475 g/mol. The van der Waals surface area contributed by atoms with Crippen molar-refractivity contribution >= 4 is 34.6 Å². The van der Waals surface area contributed by atoms with Crippen molar-refractivity contribution < 1.29 is 9.59 Å². The molecule has 1 saturated carbocycles. The number of anilines is 2. The zero-order chi connectivity index (χ0) is 23.4. The van der Waals surface area contributed by atoms with E-state index in [9.17, 15) is 9.59 Å². The van der Waals surface area contributed by atoms with Gasteiger partial charge < -0.3 is 20.9 Å². The monoisotopic (exact) mass is 474 g/mol. The fourth-order valence-corrected chi connectivity index (χ4v) is 5.79. The van der Waals surface area contributed by atoms with Crippen LogP contribution in [0.4, 0.5) is 16.2 Å². The van der Waals surface area contributed by atoms with Crippen LogP contribution < -0.4 is 20.9 Å². The smallest absolute Gasteiger partial charge is 0.315 e. The number of amides is 3. The number of rotatable bonds is 6. The van der Waals surface area contributed by atoms with Gasteiger partial charge in [-0.05, 0) is 66.1 Å². The highest BCUT2D eigenvalue weighted by Gasteiger charge is 2.42. The molecule has 0 radical (unpaired) electrons. The number of carbonyl (C=O) groups excluding carboxylic acids is 2. The summed E-state index contributed by atoms with van der Waals surface area (Å²) in [7, 11) is 0. The first kappa shape index (κ1) is 22.5. The predicted molar refractivity (Wildman–Crippen MR) is 137 cm³/mol. The standard InChI is InChI=1S/C27H30N4O2S/c32-25(27(14-4-5-15-27)30-26(33)28-18-20-6-2-1-3-7-20)29-22-8-10-23(11-9-22)31-16-12-24-21(19-31)13-17-34-24/h1-3,6-11,13,17H,4-5,12,14-16,18-19H2,(H,29,32)(H2,28,30,33). The molecule has 0 saturated heterocycles. The third-order valence-corrected chi connectivity index (χ3v) is 7.86. The molecule has 1 aliphatic heterocycles. The predicted octanol–water partition coefficient (Wildman–Crippen LogP) is 5.06. The van der Waals surface area contributed by atoms with Crippen molar-refractivity contribution in [2.45, 2.75) is 50.7 Å². The van der Waals surface area contributed by atoms with Crippen LogP contribution in [0.1, 0.15) is 41.7 Å². The molecular weight excluding hydrogens is 444 g/mol. The van der Waals surface area contributed by atoms with Gasteiger partial charge in [0.05, 0.1) is 0 Å². The van der Waals surface area contributed by atoms with Crippen molar-refractivity contribution in [3.63, 3.8) is 0 Å². The Hall–Kier alpha value is -3.32. The lowest BCUT2D eigenvalue weighted by Crippen LogP contribution is -2.57. The summed E-state index contributed by atoms with van der Waals surface area (Å²) < 4.78 is 0. The van der Waals surface area contributed by atoms with Gasteiger partial charge in [-0.15, -0.1) is 11.3 Å². The number of nitrogens with zero attached hydrogens (tertiary/aromatic N) is 1. The Balaban J connectivity index is 1.20. The van der Waals surface area contributed by atoms with Crippen LogP contribution in [0.5, 0.6) is 0 Å². The maximum atomic E-state index is 13.3. The number of hydrogen-bond donors (Lipinski definition) is 3. The van der Waals surface area contributed by atoms with Crippen molar-refractivity contribution in [1.29, 1.82) is 0 Å². The van der Waals surface area contributed by atoms with Crippen molar-refractivity contribution in [3.8, 4) is 0 Å². The molecule has 1 aliphatic carbocycles. The van der Waals surface area contributed by atoms with Gasteiger partial charge in [0.25, 0.3) is 0 Å². The summed E-state index contributed by atoms with van der Waals surface area (Å²) in [6, 6.07) is 19.7. The molecule has 5 rings (SSSR count). The Morgan fingerprint density at radius 2 is 1.74 bits per heavy atom. The maximum Gasteiger partial charge on any atom is 0.315 e. The second-order valence-corrected chi connectivity index (χ2v) is 10.1. The van der Waals surface area contributed by atoms with E-state index in [0.717, 1.165) is 49.3 Å². The molecule has 34 heavy (non-hydrogen) atoms. The van der Waals surface area contributed by atoms with Crippen LogP contribution in [0, 0.1) is 0 Å². The highest BCUT2D eigenvalue weighted by atomic mass is 32.1. The third-order valence-electron chi connectivity index (χ3n) is 6.84. The number of urea groups is 1. The first-order valence-corrected chi connectivity index (χ1v) is 12.8. The van der Waals surface area contributed by atoms with E-state index in [-0.39, 0.29) is 11.9 Å². The van der Waals surface area contributed by atoms with E-state index >= 15 is 0 Å². The summed E-state index contributed by atoms with van der Waals surface area (Å²) in [5.41, 5.74) is 3.46. The van der Waals surface area contributed by atoms with E-state index in [1.165, 1.54) is 10.4 Å². The highest BCUT2D eigenvalue weighted by molar-refractivity contribution is 7.10. The fraction of sp³-hybridized carbons (Fsp3) is 0.333. The summed E-state index contributed by atoms with van der Waals surface area (Å²) in [6.45, 7) is 2.36. The quantitative estimate of drug-likeness (QED) is 0.467. The average Bonchev–Trinajstić information content (AvgIpc) is 3.54. The Bertz CT molecular complexity index is 1140. The number of thiophene rings is 1. The molecule has 0 bridgehead atoms. The van der Waals surface area contributed by atoms with E-state index in [1.54, 1.807) is 0 Å². The van der Waals surface area contributed by atoms with Crippen LogP contribution in [0.25, 0.3) is 0 Å². The lowest BCUT2D eigenvalue weighted by Gasteiger charge is -2.30. The lowest BCUT2D eigenvalue weighted by atomic mass is 9.96. The van der Waals surface area contributed by atoms with Crippen LogP contribution in [0.15, 0.2) is 66.0 Å². The minimum atomic E-state index is -0.873. The van der Waals surface area contributed by atoms with Gasteiger partial charge in [-0.25, -0.2) is 4.79 Å². The first-order chi connectivity index (χ1) is 16.6. The molecule has 0 spiro atoms. The number of carbonyl (C=O) groups is 2. The van der Waals surface area contributed by atoms with Gasteiger partial charge in [0.1, 0.15) is 5.54 Å². The molecule has 176 valence electrons. The van der Waals surface area contributed by atoms with E-state index in [2.05, 4.69) is 44.4 Å². The van der Waals surface area contributed by atoms with Gasteiger partial charge in [0.2, 0.25) is 5.91 Å². The summed E-state index contributed by atoms with van der Waals surface area (Å²) in [6.07, 6.45) is 4.21. The van der Waals surface area contributed by atoms with Crippen LogP contribution in [-0.2, 0) is 24.3 Å². The molecule has 2 heterocycles. The molecule has 3 N–H and O–H groups in total.